The summed E-state index contributed by atoms with van der Waals surface area (Å²) in [5.41, 5.74) is 1.26. The van der Waals surface area contributed by atoms with E-state index >= 15 is 0 Å². The molecule has 9 nitrogen and oxygen atoms in total. The van der Waals surface area contributed by atoms with Crippen LogP contribution in [0.25, 0.3) is 0 Å². The van der Waals surface area contributed by atoms with E-state index in [1.807, 2.05) is 13.8 Å². The van der Waals surface area contributed by atoms with Crippen molar-refractivity contribution in [2.24, 2.45) is 11.8 Å². The van der Waals surface area contributed by atoms with Crippen molar-refractivity contribution >= 4 is 29.2 Å². The lowest BCUT2D eigenvalue weighted by Crippen LogP contribution is -2.51. The summed E-state index contributed by atoms with van der Waals surface area (Å²) in [6.45, 7) is 4.80. The molecule has 1 aromatic carbocycles. The number of rotatable bonds is 12. The molecule has 1 aromatic rings. The third-order valence-electron chi connectivity index (χ3n) is 5.75. The van der Waals surface area contributed by atoms with Gasteiger partial charge in [-0.1, -0.05) is 32.0 Å². The summed E-state index contributed by atoms with van der Waals surface area (Å²) in [7, 11) is 0. The Morgan fingerprint density at radius 2 is 1.86 bits per heavy atom. The van der Waals surface area contributed by atoms with E-state index in [1.165, 1.54) is 0 Å². The monoisotopic (exact) mass is 514 g/mol. The molecule has 3 atom stereocenters. The minimum Gasteiger partial charge on any atom is -0.356 e. The molecular weight excluding hydrogens is 481 g/mol. The van der Waals surface area contributed by atoms with Crippen molar-refractivity contribution in [3.05, 3.63) is 29.8 Å². The van der Waals surface area contributed by atoms with Gasteiger partial charge in [-0.3, -0.25) is 23.9 Å². The van der Waals surface area contributed by atoms with Crippen LogP contribution in [0.15, 0.2) is 24.3 Å². The van der Waals surface area contributed by atoms with Crippen LogP contribution in [0.3, 0.4) is 0 Å². The highest BCUT2D eigenvalue weighted by molar-refractivity contribution is 6.39. The number of anilines is 1. The van der Waals surface area contributed by atoms with Gasteiger partial charge < -0.3 is 21.3 Å². The number of halogens is 3. The Balaban J connectivity index is 2.04. The molecule has 0 bridgehead atoms. The van der Waals surface area contributed by atoms with E-state index in [2.05, 4.69) is 26.0 Å². The highest BCUT2D eigenvalue weighted by Gasteiger charge is 2.34. The van der Waals surface area contributed by atoms with Crippen LogP contribution >= 0.6 is 0 Å². The van der Waals surface area contributed by atoms with Crippen LogP contribution in [-0.4, -0.2) is 61.6 Å². The molecular formula is C24H33F3N4O5. The smallest absolute Gasteiger partial charge is 0.356 e. The molecule has 1 aliphatic rings. The van der Waals surface area contributed by atoms with Crippen LogP contribution in [0.5, 0.6) is 0 Å². The predicted molar refractivity (Wildman–Crippen MR) is 126 cm³/mol. The number of carbonyl (C=O) groups is 4. The second kappa shape index (κ2) is 13.4. The Hall–Kier alpha value is -2.99. The van der Waals surface area contributed by atoms with Crippen LogP contribution in [-0.2, 0) is 23.9 Å². The quantitative estimate of drug-likeness (QED) is 0.317. The van der Waals surface area contributed by atoms with E-state index in [4.69, 9.17) is 0 Å². The van der Waals surface area contributed by atoms with Crippen LogP contribution in [0, 0.1) is 18.8 Å². The molecule has 12 heteroatoms. The number of aryl methyl sites for hydroxylation is 1. The lowest BCUT2D eigenvalue weighted by molar-refractivity contribution is -0.321. The van der Waals surface area contributed by atoms with Crippen molar-refractivity contribution in [1.82, 2.24) is 16.0 Å². The fraction of sp³-hybridized carbons (Fsp3) is 0.583. The lowest BCUT2D eigenvalue weighted by atomic mass is 9.95. The molecule has 1 aliphatic heterocycles. The van der Waals surface area contributed by atoms with Crippen molar-refractivity contribution in [3.8, 4) is 0 Å². The molecule has 4 N–H and O–H groups in total. The van der Waals surface area contributed by atoms with Crippen LogP contribution < -0.4 is 21.3 Å². The number of nitrogens with one attached hydrogen (secondary N) is 4. The van der Waals surface area contributed by atoms with Gasteiger partial charge in [0.2, 0.25) is 5.91 Å². The lowest BCUT2D eigenvalue weighted by Gasteiger charge is -2.25. The van der Waals surface area contributed by atoms with Crippen LogP contribution in [0.1, 0.15) is 38.7 Å². The van der Waals surface area contributed by atoms with Crippen molar-refractivity contribution in [3.63, 3.8) is 0 Å². The molecule has 0 aromatic heterocycles. The van der Waals surface area contributed by atoms with Gasteiger partial charge in [0, 0.05) is 30.7 Å². The molecule has 0 aliphatic carbocycles. The molecule has 36 heavy (non-hydrogen) atoms. The number of hydrogen-bond acceptors (Lipinski definition) is 6. The summed E-state index contributed by atoms with van der Waals surface area (Å²) in [5, 5.41) is 10.7. The fourth-order valence-electron chi connectivity index (χ4n) is 3.93. The summed E-state index contributed by atoms with van der Waals surface area (Å²) < 4.78 is 41.1. The number of benzene rings is 1. The first-order chi connectivity index (χ1) is 16.9. The van der Waals surface area contributed by atoms with Crippen molar-refractivity contribution < 1.29 is 37.1 Å². The van der Waals surface area contributed by atoms with Gasteiger partial charge in [0.05, 0.1) is 6.04 Å². The van der Waals surface area contributed by atoms with Crippen LogP contribution in [0.2, 0.25) is 0 Å². The van der Waals surface area contributed by atoms with E-state index in [9.17, 15) is 32.3 Å². The number of para-hydroxylation sites is 1. The summed E-state index contributed by atoms with van der Waals surface area (Å²) in [6.07, 6.45) is -4.10. The average molecular weight is 515 g/mol. The topological polar surface area (TPSA) is 126 Å². The first-order valence-corrected chi connectivity index (χ1v) is 11.8. The zero-order chi connectivity index (χ0) is 26.9. The van der Waals surface area contributed by atoms with Crippen LogP contribution in [0.4, 0.5) is 18.9 Å². The Morgan fingerprint density at radius 3 is 2.44 bits per heavy atom. The Labute approximate surface area is 207 Å². The highest BCUT2D eigenvalue weighted by Crippen LogP contribution is 2.20. The molecule has 200 valence electrons. The summed E-state index contributed by atoms with van der Waals surface area (Å²) in [6, 6.07) is 5.25. The zero-order valence-electron chi connectivity index (χ0n) is 20.5. The van der Waals surface area contributed by atoms with E-state index < -0.39 is 48.6 Å². The maximum absolute atomic E-state index is 12.5. The van der Waals surface area contributed by atoms with E-state index in [1.54, 1.807) is 31.2 Å². The maximum atomic E-state index is 12.5. The van der Waals surface area contributed by atoms with Crippen molar-refractivity contribution in [2.45, 2.75) is 58.5 Å². The van der Waals surface area contributed by atoms with Gasteiger partial charge in [-0.15, -0.1) is 13.2 Å². The van der Waals surface area contributed by atoms with Gasteiger partial charge in [-0.2, -0.15) is 0 Å². The highest BCUT2D eigenvalue weighted by atomic mass is 19.4. The van der Waals surface area contributed by atoms with E-state index in [0.717, 1.165) is 5.56 Å². The zero-order valence-corrected chi connectivity index (χ0v) is 20.5. The molecule has 0 unspecified atom stereocenters. The third-order valence-corrected chi connectivity index (χ3v) is 5.75. The minimum absolute atomic E-state index is 0.00166. The number of amides is 3. The second-order valence-corrected chi connectivity index (χ2v) is 9.24. The van der Waals surface area contributed by atoms with Crippen molar-refractivity contribution in [2.75, 3.05) is 25.0 Å². The molecule has 1 saturated heterocycles. The normalized spacial score (nSPS) is 17.4. The van der Waals surface area contributed by atoms with E-state index in [-0.39, 0.29) is 24.8 Å². The minimum atomic E-state index is -4.97. The van der Waals surface area contributed by atoms with E-state index in [0.29, 0.717) is 25.1 Å². The first-order valence-electron chi connectivity index (χ1n) is 11.8. The van der Waals surface area contributed by atoms with Gasteiger partial charge in [0.1, 0.15) is 6.61 Å². The summed E-state index contributed by atoms with van der Waals surface area (Å²) >= 11 is 0. The van der Waals surface area contributed by atoms with Gasteiger partial charge >= 0.3 is 18.2 Å². The number of carbonyl (C=O) groups excluding carboxylic acids is 4. The molecule has 3 amide bonds. The number of ether oxygens (including phenoxy) is 1. The molecule has 0 saturated carbocycles. The maximum Gasteiger partial charge on any atom is 0.522 e. The molecule has 0 spiro atoms. The fourth-order valence-corrected chi connectivity index (χ4v) is 3.93. The number of ketones is 1. The molecule has 1 heterocycles. The summed E-state index contributed by atoms with van der Waals surface area (Å²) in [4.78, 5) is 49.4. The largest absolute Gasteiger partial charge is 0.522 e. The number of hydrogen-bond donors (Lipinski definition) is 4. The molecule has 0 radical (unpaired) electrons. The van der Waals surface area contributed by atoms with Gasteiger partial charge in [0.15, 0.2) is 5.78 Å². The number of alkyl halides is 3. The standard InChI is InChI=1S/C24H33F3N4O5/c1-14(2)10-17(30-22(34)23(35)31-18-7-5-4-6-15(18)3)12-29-19(11-16-8-9-28-21(16)33)20(32)13-36-24(25,26)27/h4-7,14,16-17,19,29H,8-13H2,1-3H3,(H,28,33)(H,30,34)(H,31,35)/t16-,17-,19-/m0/s1. The number of Topliss-reactive ketones (excluding diaryl/α,β-unsaturated/α-hetero) is 1. The predicted octanol–water partition coefficient (Wildman–Crippen LogP) is 2.05. The first kappa shape index (κ1) is 29.2. The Bertz CT molecular complexity index is 939. The SMILES string of the molecule is Cc1ccccc1NC(=O)C(=O)N[C@H](CN[C@@H](C[C@@H]1CCNC1=O)C(=O)COC(F)(F)F)CC(C)C. The summed E-state index contributed by atoms with van der Waals surface area (Å²) in [5.74, 6) is -3.32. The molecule has 1 fully saturated rings. The average Bonchev–Trinajstić information content (AvgIpc) is 3.19. The van der Waals surface area contributed by atoms with Gasteiger partial charge in [-0.25, -0.2) is 0 Å². The van der Waals surface area contributed by atoms with Gasteiger partial charge in [0.25, 0.3) is 0 Å². The van der Waals surface area contributed by atoms with Crippen molar-refractivity contribution in [1.29, 1.82) is 0 Å². The molecule has 2 rings (SSSR count). The third kappa shape index (κ3) is 9.94. The second-order valence-electron chi connectivity index (χ2n) is 9.24. The Kier molecular flexibility index (Phi) is 10.8. The Morgan fingerprint density at radius 1 is 1.17 bits per heavy atom. The van der Waals surface area contributed by atoms with Gasteiger partial charge in [-0.05, 0) is 43.7 Å².